The second kappa shape index (κ2) is 15.0. The summed E-state index contributed by atoms with van der Waals surface area (Å²) in [4.78, 5) is 86.4. The monoisotopic (exact) mass is 577 g/mol. The molecule has 4 unspecified atom stereocenters. The first kappa shape index (κ1) is 32.2. The van der Waals surface area contributed by atoms with Gasteiger partial charge in [0.15, 0.2) is 0 Å². The van der Waals surface area contributed by atoms with E-state index in [4.69, 9.17) is 21.1 Å². The SMILES string of the molecule is NC(CCC(=O)O)C(=O)NC(CCC(=O)O)C(=O)NC(Cc1c[nH]c2ccccc12)C(=O)NC(CC(=O)O)C(=O)O. The van der Waals surface area contributed by atoms with Crippen molar-refractivity contribution in [2.75, 3.05) is 0 Å². The predicted octanol–water partition coefficient (Wildman–Crippen LogP) is -1.22. The number of carbonyl (C=O) groups excluding carboxylic acids is 3. The fourth-order valence-corrected chi connectivity index (χ4v) is 3.87. The van der Waals surface area contributed by atoms with E-state index in [0.29, 0.717) is 16.5 Å². The highest BCUT2D eigenvalue weighted by Gasteiger charge is 2.32. The van der Waals surface area contributed by atoms with E-state index in [-0.39, 0.29) is 12.8 Å². The number of aromatic nitrogens is 1. The summed E-state index contributed by atoms with van der Waals surface area (Å²) in [5.41, 5.74) is 6.92. The molecule has 2 rings (SSSR count). The fraction of sp³-hybridized carbons (Fsp3) is 0.400. The lowest BCUT2D eigenvalue weighted by atomic mass is 10.0. The van der Waals surface area contributed by atoms with Gasteiger partial charge in [0.2, 0.25) is 17.7 Å². The smallest absolute Gasteiger partial charge is 0.326 e. The fourth-order valence-electron chi connectivity index (χ4n) is 3.87. The summed E-state index contributed by atoms with van der Waals surface area (Å²) in [6.07, 6.45) is -1.26. The number of H-pyrrole nitrogens is 1. The Morgan fingerprint density at radius 2 is 1.29 bits per heavy atom. The minimum atomic E-state index is -1.82. The summed E-state index contributed by atoms with van der Waals surface area (Å²) in [5, 5.41) is 43.7. The van der Waals surface area contributed by atoms with Crippen molar-refractivity contribution in [2.45, 2.75) is 62.7 Å². The van der Waals surface area contributed by atoms with E-state index >= 15 is 0 Å². The number of nitrogens with two attached hydrogens (primary N) is 1. The highest BCUT2D eigenvalue weighted by Crippen LogP contribution is 2.19. The topological polar surface area (TPSA) is 278 Å². The molecule has 4 atom stereocenters. The molecule has 0 saturated heterocycles. The molecule has 16 heteroatoms. The van der Waals surface area contributed by atoms with E-state index in [2.05, 4.69) is 20.9 Å². The Hall–Kier alpha value is -4.99. The second-order valence-corrected chi connectivity index (χ2v) is 9.15. The molecule has 10 N–H and O–H groups in total. The number of aliphatic carboxylic acids is 4. The average Bonchev–Trinajstić information content (AvgIpc) is 3.30. The van der Waals surface area contributed by atoms with Gasteiger partial charge in [-0.15, -0.1) is 0 Å². The highest BCUT2D eigenvalue weighted by atomic mass is 16.4. The molecule has 1 heterocycles. The van der Waals surface area contributed by atoms with Gasteiger partial charge in [-0.2, -0.15) is 0 Å². The molecule has 0 fully saturated rings. The van der Waals surface area contributed by atoms with Crippen LogP contribution in [0, 0.1) is 0 Å². The van der Waals surface area contributed by atoms with E-state index in [0.717, 1.165) is 0 Å². The number of fused-ring (bicyclic) bond motifs is 1. The number of amides is 3. The first-order valence-corrected chi connectivity index (χ1v) is 12.4. The Bertz CT molecular complexity index is 1310. The molecule has 0 spiro atoms. The van der Waals surface area contributed by atoms with Crippen molar-refractivity contribution in [3.63, 3.8) is 0 Å². The van der Waals surface area contributed by atoms with E-state index in [1.807, 2.05) is 0 Å². The van der Waals surface area contributed by atoms with Crippen molar-refractivity contribution in [2.24, 2.45) is 5.73 Å². The molecule has 41 heavy (non-hydrogen) atoms. The van der Waals surface area contributed by atoms with Gasteiger partial charge >= 0.3 is 23.9 Å². The molecule has 1 aromatic heterocycles. The van der Waals surface area contributed by atoms with Gasteiger partial charge in [-0.25, -0.2) is 4.79 Å². The summed E-state index contributed by atoms with van der Waals surface area (Å²) in [7, 11) is 0. The lowest BCUT2D eigenvalue weighted by Crippen LogP contribution is -2.57. The van der Waals surface area contributed by atoms with E-state index < -0.39 is 91.4 Å². The molecule has 3 amide bonds. The zero-order chi connectivity index (χ0) is 30.7. The van der Waals surface area contributed by atoms with Crippen LogP contribution in [0.3, 0.4) is 0 Å². The molecule has 0 radical (unpaired) electrons. The second-order valence-electron chi connectivity index (χ2n) is 9.15. The zero-order valence-electron chi connectivity index (χ0n) is 21.7. The molecular formula is C25H31N5O11. The molecule has 1 aromatic carbocycles. The lowest BCUT2D eigenvalue weighted by Gasteiger charge is -2.25. The quantitative estimate of drug-likeness (QED) is 0.107. The van der Waals surface area contributed by atoms with Crippen molar-refractivity contribution in [3.05, 3.63) is 36.0 Å². The maximum Gasteiger partial charge on any atom is 0.326 e. The van der Waals surface area contributed by atoms with Crippen LogP contribution in [0.25, 0.3) is 10.9 Å². The van der Waals surface area contributed by atoms with Gasteiger partial charge in [-0.05, 0) is 24.5 Å². The molecule has 2 aromatic rings. The van der Waals surface area contributed by atoms with Crippen molar-refractivity contribution < 1.29 is 54.0 Å². The lowest BCUT2D eigenvalue weighted by molar-refractivity contribution is -0.147. The molecule has 0 aliphatic carbocycles. The number of para-hydroxylation sites is 1. The van der Waals surface area contributed by atoms with Gasteiger partial charge in [0.05, 0.1) is 12.5 Å². The third kappa shape index (κ3) is 10.2. The van der Waals surface area contributed by atoms with Crippen LogP contribution in [0.1, 0.15) is 37.7 Å². The van der Waals surface area contributed by atoms with Gasteiger partial charge in [0.1, 0.15) is 18.1 Å². The summed E-state index contributed by atoms with van der Waals surface area (Å²) in [6, 6.07) is 0.827. The number of nitrogens with one attached hydrogen (secondary N) is 4. The Morgan fingerprint density at radius 3 is 1.90 bits per heavy atom. The molecular weight excluding hydrogens is 546 g/mol. The third-order valence-corrected chi connectivity index (χ3v) is 6.01. The molecule has 16 nitrogen and oxygen atoms in total. The van der Waals surface area contributed by atoms with Crippen molar-refractivity contribution in [3.8, 4) is 0 Å². The minimum Gasteiger partial charge on any atom is -0.481 e. The Balaban J connectivity index is 2.32. The first-order valence-electron chi connectivity index (χ1n) is 12.4. The van der Waals surface area contributed by atoms with Crippen LogP contribution >= 0.6 is 0 Å². The standard InChI is InChI=1S/C25H31N5O11/c26-14(5-7-19(31)32)22(37)28-16(6-8-20(33)34)23(38)29-17(24(39)30-18(25(40)41)10-21(35)36)9-12-11-27-15-4-2-1-3-13(12)15/h1-4,11,14,16-18,27H,5-10,26H2,(H,28,37)(H,29,38)(H,30,39)(H,31,32)(H,33,34)(H,35,36)(H,40,41). The summed E-state index contributed by atoms with van der Waals surface area (Å²) >= 11 is 0. The van der Waals surface area contributed by atoms with E-state index in [1.165, 1.54) is 0 Å². The largest absolute Gasteiger partial charge is 0.481 e. The maximum absolute atomic E-state index is 13.2. The summed E-state index contributed by atoms with van der Waals surface area (Å²) < 4.78 is 0. The number of hydrogen-bond donors (Lipinski definition) is 9. The van der Waals surface area contributed by atoms with Gasteiger partial charge in [0, 0.05) is 36.4 Å². The molecule has 0 saturated carbocycles. The zero-order valence-corrected chi connectivity index (χ0v) is 21.7. The van der Waals surface area contributed by atoms with E-state index in [1.54, 1.807) is 30.5 Å². The van der Waals surface area contributed by atoms with Gasteiger partial charge < -0.3 is 47.1 Å². The van der Waals surface area contributed by atoms with Crippen LogP contribution in [-0.2, 0) is 40.0 Å². The Labute approximate surface area is 232 Å². The van der Waals surface area contributed by atoms with Crippen molar-refractivity contribution in [1.82, 2.24) is 20.9 Å². The van der Waals surface area contributed by atoms with Gasteiger partial charge in [-0.3, -0.25) is 28.8 Å². The highest BCUT2D eigenvalue weighted by molar-refractivity contribution is 5.95. The summed E-state index contributed by atoms with van der Waals surface area (Å²) in [5.74, 6) is -8.60. The number of carbonyl (C=O) groups is 7. The number of hydrogen-bond acceptors (Lipinski definition) is 8. The number of aromatic amines is 1. The molecule has 0 aliphatic rings. The molecule has 0 bridgehead atoms. The predicted molar refractivity (Wildman–Crippen MR) is 139 cm³/mol. The van der Waals surface area contributed by atoms with Crippen LogP contribution < -0.4 is 21.7 Å². The van der Waals surface area contributed by atoms with E-state index in [9.17, 15) is 38.7 Å². The van der Waals surface area contributed by atoms with Crippen LogP contribution in [0.5, 0.6) is 0 Å². The van der Waals surface area contributed by atoms with Gasteiger partial charge in [0.25, 0.3) is 0 Å². The van der Waals surface area contributed by atoms with Crippen LogP contribution in [-0.4, -0.2) is 91.2 Å². The molecule has 222 valence electrons. The third-order valence-electron chi connectivity index (χ3n) is 6.01. The van der Waals surface area contributed by atoms with Crippen LogP contribution in [0.2, 0.25) is 0 Å². The first-order chi connectivity index (χ1) is 19.3. The normalized spacial score (nSPS) is 13.8. The maximum atomic E-state index is 13.2. The average molecular weight is 578 g/mol. The van der Waals surface area contributed by atoms with Crippen molar-refractivity contribution in [1.29, 1.82) is 0 Å². The Morgan fingerprint density at radius 1 is 0.732 bits per heavy atom. The van der Waals surface area contributed by atoms with Gasteiger partial charge in [-0.1, -0.05) is 18.2 Å². The number of rotatable bonds is 17. The van der Waals surface area contributed by atoms with Crippen molar-refractivity contribution >= 4 is 52.5 Å². The minimum absolute atomic E-state index is 0.196. The van der Waals surface area contributed by atoms with Crippen LogP contribution in [0.4, 0.5) is 0 Å². The summed E-state index contributed by atoms with van der Waals surface area (Å²) in [6.45, 7) is 0. The number of benzene rings is 1. The molecule has 0 aliphatic heterocycles. The Kier molecular flexibility index (Phi) is 11.8. The number of carboxylic acids is 4. The van der Waals surface area contributed by atoms with Crippen LogP contribution in [0.15, 0.2) is 30.5 Å². The number of carboxylic acid groups (broad SMARTS) is 4.